The van der Waals surface area contributed by atoms with Gasteiger partial charge in [-0.3, -0.25) is 4.79 Å². The largest absolute Gasteiger partial charge is 0.464 e. The third-order valence-electron chi connectivity index (χ3n) is 5.10. The van der Waals surface area contributed by atoms with Crippen LogP contribution in [0.25, 0.3) is 0 Å². The summed E-state index contributed by atoms with van der Waals surface area (Å²) in [5, 5.41) is 10.5. The van der Waals surface area contributed by atoms with Crippen molar-refractivity contribution in [3.63, 3.8) is 0 Å². The number of esters is 1. The molecule has 5 nitrogen and oxygen atoms in total. The zero-order valence-corrected chi connectivity index (χ0v) is 12.4. The Balaban J connectivity index is 1.93. The van der Waals surface area contributed by atoms with Crippen molar-refractivity contribution in [2.24, 2.45) is 11.8 Å². The van der Waals surface area contributed by atoms with Crippen LogP contribution in [0.2, 0.25) is 0 Å². The highest BCUT2D eigenvalue weighted by Gasteiger charge is 2.52. The molecule has 1 saturated carbocycles. The van der Waals surface area contributed by atoms with Crippen molar-refractivity contribution in [1.82, 2.24) is 0 Å². The van der Waals surface area contributed by atoms with Gasteiger partial charge in [0.2, 0.25) is 0 Å². The molecule has 0 unspecified atom stereocenters. The Bertz CT molecular complexity index is 489. The second-order valence-electron chi connectivity index (χ2n) is 6.36. The molecule has 1 aliphatic heterocycles. The molecule has 21 heavy (non-hydrogen) atoms. The van der Waals surface area contributed by atoms with E-state index in [2.05, 4.69) is 4.74 Å². The van der Waals surface area contributed by atoms with Crippen molar-refractivity contribution in [2.75, 3.05) is 7.11 Å². The van der Waals surface area contributed by atoms with E-state index in [0.29, 0.717) is 18.8 Å². The molecule has 1 N–H and O–H groups in total. The number of aliphatic hydroxyl groups is 1. The third kappa shape index (κ3) is 2.48. The number of ketones is 1. The molecule has 116 valence electrons. The molecule has 0 spiro atoms. The predicted molar refractivity (Wildman–Crippen MR) is 74.0 cm³/mol. The quantitative estimate of drug-likeness (QED) is 0.789. The van der Waals surface area contributed by atoms with Crippen LogP contribution < -0.4 is 0 Å². The fourth-order valence-corrected chi connectivity index (χ4v) is 4.03. The second-order valence-corrected chi connectivity index (χ2v) is 6.36. The lowest BCUT2D eigenvalue weighted by atomic mass is 9.72. The first kappa shape index (κ1) is 14.6. The van der Waals surface area contributed by atoms with Crippen LogP contribution in [0.5, 0.6) is 0 Å². The number of ether oxygens (including phenoxy) is 2. The van der Waals surface area contributed by atoms with E-state index < -0.39 is 11.8 Å². The molecule has 0 radical (unpaired) electrons. The molecule has 2 aliphatic carbocycles. The van der Waals surface area contributed by atoms with Gasteiger partial charge in [-0.05, 0) is 36.7 Å². The number of carbonyl (C=O) groups excluding carboxylic acids is 2. The number of allylic oxidation sites excluding steroid dienone is 2. The summed E-state index contributed by atoms with van der Waals surface area (Å²) < 4.78 is 10.1. The van der Waals surface area contributed by atoms with Gasteiger partial charge in [0.25, 0.3) is 0 Å². The Hall–Kier alpha value is -1.36. The van der Waals surface area contributed by atoms with Crippen molar-refractivity contribution in [3.8, 4) is 0 Å². The van der Waals surface area contributed by atoms with Gasteiger partial charge in [-0.2, -0.15) is 0 Å². The summed E-state index contributed by atoms with van der Waals surface area (Å²) in [6.45, 7) is 0. The maximum absolute atomic E-state index is 12.0. The first-order valence-electron chi connectivity index (χ1n) is 7.81. The Morgan fingerprint density at radius 2 is 2.00 bits per heavy atom. The van der Waals surface area contributed by atoms with Gasteiger partial charge in [0.15, 0.2) is 11.5 Å². The molecule has 0 aromatic rings. The van der Waals surface area contributed by atoms with E-state index in [4.69, 9.17) is 4.74 Å². The number of carbonyl (C=O) groups is 2. The van der Waals surface area contributed by atoms with Gasteiger partial charge in [0.1, 0.15) is 0 Å². The highest BCUT2D eigenvalue weighted by Crippen LogP contribution is 2.48. The fourth-order valence-electron chi connectivity index (χ4n) is 4.03. The number of hydrogen-bond acceptors (Lipinski definition) is 5. The van der Waals surface area contributed by atoms with Crippen LogP contribution in [0.3, 0.4) is 0 Å². The number of Topliss-reactive ketones (excluding diaryl/α,β-unsaturated/α-hetero) is 1. The normalized spacial score (nSPS) is 33.6. The van der Waals surface area contributed by atoms with E-state index in [1.54, 1.807) is 0 Å². The smallest absolute Gasteiger partial charge is 0.379 e. The van der Waals surface area contributed by atoms with Crippen LogP contribution in [0.4, 0.5) is 0 Å². The summed E-state index contributed by atoms with van der Waals surface area (Å²) in [6, 6.07) is 0. The van der Waals surface area contributed by atoms with Gasteiger partial charge in [-0.15, -0.1) is 0 Å². The molecule has 0 saturated heterocycles. The molecule has 0 amide bonds. The zero-order valence-electron chi connectivity index (χ0n) is 12.4. The highest BCUT2D eigenvalue weighted by molar-refractivity contribution is 5.97. The Labute approximate surface area is 124 Å². The maximum atomic E-state index is 12.0. The molecule has 2 atom stereocenters. The van der Waals surface area contributed by atoms with E-state index in [-0.39, 0.29) is 23.9 Å². The molecule has 0 aromatic heterocycles. The maximum Gasteiger partial charge on any atom is 0.379 e. The van der Waals surface area contributed by atoms with E-state index in [0.717, 1.165) is 18.4 Å². The summed E-state index contributed by atoms with van der Waals surface area (Å²) in [5.41, 5.74) is 1.01. The van der Waals surface area contributed by atoms with Crippen LogP contribution >= 0.6 is 0 Å². The van der Waals surface area contributed by atoms with E-state index in [9.17, 15) is 14.7 Å². The molecular weight excluding hydrogens is 272 g/mol. The van der Waals surface area contributed by atoms with Crippen molar-refractivity contribution in [2.45, 2.75) is 57.2 Å². The summed E-state index contributed by atoms with van der Waals surface area (Å²) in [6.07, 6.45) is 7.10. The first-order valence-corrected chi connectivity index (χ1v) is 7.81. The van der Waals surface area contributed by atoms with E-state index >= 15 is 0 Å². The summed E-state index contributed by atoms with van der Waals surface area (Å²) in [5.74, 6) is -2.21. The van der Waals surface area contributed by atoms with Crippen molar-refractivity contribution in [3.05, 3.63) is 11.3 Å². The number of rotatable bonds is 2. The molecule has 3 aliphatic rings. The summed E-state index contributed by atoms with van der Waals surface area (Å²) in [7, 11) is 1.22. The van der Waals surface area contributed by atoms with Gasteiger partial charge in [0.05, 0.1) is 7.11 Å². The van der Waals surface area contributed by atoms with Crippen molar-refractivity contribution in [1.29, 1.82) is 0 Å². The minimum Gasteiger partial charge on any atom is -0.464 e. The Morgan fingerprint density at radius 1 is 1.29 bits per heavy atom. The zero-order chi connectivity index (χ0) is 15.0. The minimum absolute atomic E-state index is 0.0598. The van der Waals surface area contributed by atoms with Crippen LogP contribution in [0, 0.1) is 11.8 Å². The first-order chi connectivity index (χ1) is 10.0. The van der Waals surface area contributed by atoms with Gasteiger partial charge in [-0.25, -0.2) is 4.79 Å². The van der Waals surface area contributed by atoms with Crippen molar-refractivity contribution < 1.29 is 24.2 Å². The lowest BCUT2D eigenvalue weighted by molar-refractivity contribution is -0.224. The van der Waals surface area contributed by atoms with Gasteiger partial charge >= 0.3 is 11.8 Å². The molecule has 0 aromatic carbocycles. The van der Waals surface area contributed by atoms with Crippen LogP contribution in [-0.2, 0) is 19.1 Å². The monoisotopic (exact) mass is 294 g/mol. The molecule has 3 rings (SSSR count). The van der Waals surface area contributed by atoms with Gasteiger partial charge in [-0.1, -0.05) is 19.3 Å². The molecule has 0 bridgehead atoms. The van der Waals surface area contributed by atoms with Crippen LogP contribution in [0.15, 0.2) is 11.3 Å². The van der Waals surface area contributed by atoms with Crippen LogP contribution in [0.1, 0.15) is 51.4 Å². The van der Waals surface area contributed by atoms with E-state index in [1.807, 2.05) is 0 Å². The summed E-state index contributed by atoms with van der Waals surface area (Å²) in [4.78, 5) is 23.9. The SMILES string of the molecule is COC(=O)[C@@]1(O)C[C@@H](C2CCCCC2)C2=C(O1)C(=O)CC2. The Morgan fingerprint density at radius 3 is 2.67 bits per heavy atom. The number of hydrogen-bond donors (Lipinski definition) is 1. The van der Waals surface area contributed by atoms with Gasteiger partial charge < -0.3 is 14.6 Å². The highest BCUT2D eigenvalue weighted by atomic mass is 16.7. The molecule has 5 heteroatoms. The molecule has 1 heterocycles. The molecule has 1 fully saturated rings. The second kappa shape index (κ2) is 5.44. The topological polar surface area (TPSA) is 72.8 Å². The lowest BCUT2D eigenvalue weighted by Crippen LogP contribution is -2.48. The number of methoxy groups -OCH3 is 1. The predicted octanol–water partition coefficient (Wildman–Crippen LogP) is 2.08. The molecular formula is C16H22O5. The average molecular weight is 294 g/mol. The lowest BCUT2D eigenvalue weighted by Gasteiger charge is -2.40. The van der Waals surface area contributed by atoms with Gasteiger partial charge in [0, 0.05) is 12.8 Å². The fraction of sp³-hybridized carbons (Fsp3) is 0.750. The van der Waals surface area contributed by atoms with Crippen LogP contribution in [-0.4, -0.2) is 29.8 Å². The van der Waals surface area contributed by atoms with Crippen molar-refractivity contribution >= 4 is 11.8 Å². The third-order valence-corrected chi connectivity index (χ3v) is 5.10. The van der Waals surface area contributed by atoms with E-state index in [1.165, 1.54) is 26.4 Å². The Kier molecular flexibility index (Phi) is 3.78. The minimum atomic E-state index is -2.00. The summed E-state index contributed by atoms with van der Waals surface area (Å²) >= 11 is 0. The average Bonchev–Trinajstić information content (AvgIpc) is 2.87. The standard InChI is InChI=1S/C16H22O5/c1-20-15(18)16(19)9-12(10-5-3-2-4-6-10)11-7-8-13(17)14(11)21-16/h10,12,19H,2-9H2,1H3/t12-,16+/m0/s1.